The van der Waals surface area contributed by atoms with Crippen LogP contribution < -0.4 is 21.3 Å². The number of unbranched alkanes of at least 4 members (excludes halogenated alkanes) is 4. The number of aryl methyl sites for hydroxylation is 4. The number of amides is 5. The van der Waals surface area contributed by atoms with Gasteiger partial charge in [-0.3, -0.25) is 38.6 Å². The number of imide groups is 2. The van der Waals surface area contributed by atoms with Gasteiger partial charge in [-0.2, -0.15) is 0 Å². The first-order valence-electron chi connectivity index (χ1n) is 21.8. The van der Waals surface area contributed by atoms with Crippen LogP contribution in [0.3, 0.4) is 0 Å². The summed E-state index contributed by atoms with van der Waals surface area (Å²) in [5.41, 5.74) is 7.91. The lowest BCUT2D eigenvalue weighted by atomic mass is 9.95. The second-order valence-electron chi connectivity index (χ2n) is 16.6. The molecule has 14 nitrogen and oxygen atoms in total. The van der Waals surface area contributed by atoms with Gasteiger partial charge in [-0.05, 0) is 106 Å². The molecule has 3 aliphatic rings. The Morgan fingerprint density at radius 1 is 0.869 bits per heavy atom. The minimum atomic E-state index is -0.995. The highest BCUT2D eigenvalue weighted by molar-refractivity contribution is 6.25. The monoisotopic (exact) mass is 826 g/mol. The van der Waals surface area contributed by atoms with Crippen LogP contribution in [0.5, 0.6) is 0 Å². The Kier molecular flexibility index (Phi) is 12.6. The summed E-state index contributed by atoms with van der Waals surface area (Å²) in [6, 6.07) is 16.8. The zero-order chi connectivity index (χ0) is 42.5. The largest absolute Gasteiger partial charge is 0.384 e. The molecule has 5 aromatic rings. The number of nitrogens with zero attached hydrogens (tertiary/aromatic N) is 4. The summed E-state index contributed by atoms with van der Waals surface area (Å²) in [4.78, 5) is 69.3. The number of hydrogen-bond acceptors (Lipinski definition) is 10. The quantitative estimate of drug-likeness (QED) is 0.0531. The van der Waals surface area contributed by atoms with E-state index in [1.54, 1.807) is 18.2 Å². The van der Waals surface area contributed by atoms with E-state index in [2.05, 4.69) is 61.3 Å². The minimum absolute atomic E-state index is 0.00278. The molecule has 8 rings (SSSR count). The normalized spacial score (nSPS) is 16.9. The molecule has 2 fully saturated rings. The van der Waals surface area contributed by atoms with Crippen molar-refractivity contribution in [3.63, 3.8) is 0 Å². The summed E-state index contributed by atoms with van der Waals surface area (Å²) < 4.78 is 7.62. The van der Waals surface area contributed by atoms with Gasteiger partial charge in [0.2, 0.25) is 17.7 Å². The summed E-state index contributed by atoms with van der Waals surface area (Å²) in [5.74, 6) is -0.202. The van der Waals surface area contributed by atoms with Crippen molar-refractivity contribution in [2.24, 2.45) is 0 Å². The van der Waals surface area contributed by atoms with Crippen molar-refractivity contribution in [2.75, 3.05) is 22.5 Å². The average Bonchev–Trinajstić information content (AvgIpc) is 3.87. The molecule has 5 heterocycles. The van der Waals surface area contributed by atoms with Crippen molar-refractivity contribution < 1.29 is 28.5 Å². The van der Waals surface area contributed by atoms with E-state index in [-0.39, 0.29) is 29.9 Å². The highest BCUT2D eigenvalue weighted by Crippen LogP contribution is 2.34. The minimum Gasteiger partial charge on any atom is -0.384 e. The molecule has 1 saturated carbocycles. The highest BCUT2D eigenvalue weighted by Gasteiger charge is 2.45. The number of nitrogens with one attached hydrogen (secondary N) is 4. The van der Waals surface area contributed by atoms with Crippen molar-refractivity contribution in [3.05, 3.63) is 94.6 Å². The lowest BCUT2D eigenvalue weighted by molar-refractivity contribution is -0.136. The van der Waals surface area contributed by atoms with Crippen LogP contribution in [0, 0.1) is 13.8 Å². The van der Waals surface area contributed by atoms with Crippen molar-refractivity contribution in [3.8, 4) is 11.1 Å². The Labute approximate surface area is 355 Å². The molecule has 14 heteroatoms. The van der Waals surface area contributed by atoms with Crippen LogP contribution in [0.1, 0.15) is 127 Å². The van der Waals surface area contributed by atoms with Crippen LogP contribution in [0.25, 0.3) is 16.8 Å². The number of aromatic nitrogens is 3. The van der Waals surface area contributed by atoms with E-state index in [0.717, 1.165) is 95.3 Å². The molecule has 5 amide bonds. The fourth-order valence-electron chi connectivity index (χ4n) is 8.98. The number of rotatable bonds is 17. The van der Waals surface area contributed by atoms with E-state index in [1.165, 1.54) is 37.7 Å². The predicted octanol–water partition coefficient (Wildman–Crippen LogP) is 7.93. The van der Waals surface area contributed by atoms with Crippen molar-refractivity contribution in [1.82, 2.24) is 24.8 Å². The number of pyridine rings is 1. The van der Waals surface area contributed by atoms with E-state index < -0.39 is 29.7 Å². The van der Waals surface area contributed by atoms with Crippen LogP contribution in [0.2, 0.25) is 0 Å². The topological polar surface area (TPSA) is 180 Å². The summed E-state index contributed by atoms with van der Waals surface area (Å²) in [6.45, 7) is 4.51. The SMILES string of the molecule is Cc1noc(C)c1-c1ccn2c(NC3CCCCC3)c(CCc3ccc(NC(=O)CCCCCCCNc4cccc5c4C(=O)N(C4CCC(=O)NC4=O)C5=O)cc3)nc2c1. The van der Waals surface area contributed by atoms with E-state index in [0.29, 0.717) is 24.7 Å². The van der Waals surface area contributed by atoms with Gasteiger partial charge in [-0.15, -0.1) is 0 Å². The number of carbonyl (C=O) groups excluding carboxylic acids is 5. The number of piperidine rings is 1. The molecule has 4 N–H and O–H groups in total. The molecule has 2 aliphatic heterocycles. The summed E-state index contributed by atoms with van der Waals surface area (Å²) in [7, 11) is 0. The van der Waals surface area contributed by atoms with Gasteiger partial charge < -0.3 is 20.5 Å². The van der Waals surface area contributed by atoms with Gasteiger partial charge >= 0.3 is 0 Å². The molecule has 0 spiro atoms. The number of imidazole rings is 1. The number of carbonyl (C=O) groups is 5. The van der Waals surface area contributed by atoms with Gasteiger partial charge in [-0.1, -0.05) is 61.9 Å². The lowest BCUT2D eigenvalue weighted by Crippen LogP contribution is -2.54. The summed E-state index contributed by atoms with van der Waals surface area (Å²) in [5, 5.41) is 16.6. The van der Waals surface area contributed by atoms with E-state index in [1.807, 2.05) is 26.0 Å². The summed E-state index contributed by atoms with van der Waals surface area (Å²) in [6.07, 6.45) is 14.9. The number of anilines is 3. The smallest absolute Gasteiger partial charge is 0.264 e. The molecule has 61 heavy (non-hydrogen) atoms. The Morgan fingerprint density at radius 3 is 2.43 bits per heavy atom. The van der Waals surface area contributed by atoms with E-state index in [9.17, 15) is 24.0 Å². The van der Waals surface area contributed by atoms with Crippen LogP contribution in [0.4, 0.5) is 17.2 Å². The Balaban J connectivity index is 0.769. The molecule has 2 aromatic carbocycles. The van der Waals surface area contributed by atoms with Gasteiger partial charge in [0.1, 0.15) is 23.3 Å². The molecular weight excluding hydrogens is 773 g/mol. The Bertz CT molecular complexity index is 2430. The zero-order valence-electron chi connectivity index (χ0n) is 35.0. The number of benzene rings is 2. The number of hydrogen-bond donors (Lipinski definition) is 4. The van der Waals surface area contributed by atoms with Gasteiger partial charge in [0.05, 0.1) is 22.5 Å². The van der Waals surface area contributed by atoms with Crippen LogP contribution >= 0.6 is 0 Å². The average molecular weight is 827 g/mol. The second kappa shape index (κ2) is 18.5. The van der Waals surface area contributed by atoms with Crippen LogP contribution in [-0.4, -0.2) is 67.6 Å². The Morgan fingerprint density at radius 2 is 1.66 bits per heavy atom. The van der Waals surface area contributed by atoms with Gasteiger partial charge in [0, 0.05) is 48.6 Å². The third kappa shape index (κ3) is 9.23. The maximum absolute atomic E-state index is 13.3. The standard InChI is InChI=1S/C47H54N8O6/c1-29-42(30(2)61-53-29)32-25-27-54-39(28-32)51-37(44(54)50-33-12-7-6-8-13-33)22-19-31-17-20-34(21-18-31)49-40(56)16-9-4-3-5-10-26-48-36-15-11-14-35-43(36)47(60)55(46(35)59)38-23-24-41(57)52-45(38)58/h11,14-15,17-18,20-21,25,27-28,33,38,48,50H,3-10,12-13,16,19,22-24,26H2,1-2H3,(H,49,56)(H,52,57,58). The summed E-state index contributed by atoms with van der Waals surface area (Å²) >= 11 is 0. The molecule has 1 saturated heterocycles. The number of fused-ring (bicyclic) bond motifs is 2. The molecule has 3 aromatic heterocycles. The molecule has 318 valence electrons. The van der Waals surface area contributed by atoms with Gasteiger partial charge in [0.25, 0.3) is 11.8 Å². The fraction of sp³-hybridized carbons (Fsp3) is 0.426. The second-order valence-corrected chi connectivity index (χ2v) is 16.6. The molecule has 0 bridgehead atoms. The van der Waals surface area contributed by atoms with Gasteiger partial charge in [-0.25, -0.2) is 4.98 Å². The van der Waals surface area contributed by atoms with Crippen LogP contribution in [-0.2, 0) is 27.2 Å². The molecule has 1 atom stereocenters. The first-order valence-corrected chi connectivity index (χ1v) is 21.8. The molecule has 0 radical (unpaired) electrons. The maximum atomic E-state index is 13.3. The fourth-order valence-corrected chi connectivity index (χ4v) is 8.98. The van der Waals surface area contributed by atoms with E-state index >= 15 is 0 Å². The lowest BCUT2D eigenvalue weighted by Gasteiger charge is -2.27. The van der Waals surface area contributed by atoms with Gasteiger partial charge in [0.15, 0.2) is 0 Å². The van der Waals surface area contributed by atoms with E-state index in [4.69, 9.17) is 9.51 Å². The molecular formula is C47H54N8O6. The first kappa shape index (κ1) is 41.4. The van der Waals surface area contributed by atoms with Crippen molar-refractivity contribution in [2.45, 2.75) is 122 Å². The zero-order valence-corrected chi connectivity index (χ0v) is 35.0. The highest BCUT2D eigenvalue weighted by atomic mass is 16.5. The molecule has 1 unspecified atom stereocenters. The molecule has 1 aliphatic carbocycles. The third-order valence-corrected chi connectivity index (χ3v) is 12.2. The van der Waals surface area contributed by atoms with Crippen LogP contribution in [0.15, 0.2) is 65.3 Å². The van der Waals surface area contributed by atoms with Crippen molar-refractivity contribution in [1.29, 1.82) is 0 Å². The third-order valence-electron chi connectivity index (χ3n) is 12.2. The first-order chi connectivity index (χ1) is 29.6. The van der Waals surface area contributed by atoms with Crippen molar-refractivity contribution >= 4 is 52.4 Å². The maximum Gasteiger partial charge on any atom is 0.264 e. The Hall–Kier alpha value is -6.31. The predicted molar refractivity (Wildman–Crippen MR) is 232 cm³/mol.